The molecule has 1 saturated heterocycles. The average Bonchev–Trinajstić information content (AvgIpc) is 2.48. The summed E-state index contributed by atoms with van der Waals surface area (Å²) in [5.74, 6) is 0. The van der Waals surface area contributed by atoms with Crippen molar-refractivity contribution in [1.82, 2.24) is 10.2 Å². The Hall–Kier alpha value is -1.67. The smallest absolute Gasteiger partial charge is 0.314 e. The van der Waals surface area contributed by atoms with Crippen molar-refractivity contribution in [2.75, 3.05) is 26.2 Å². The number of hydrogen-bond donors (Lipinski definition) is 1. The fraction of sp³-hybridized carbons (Fsp3) is 0.571. The lowest BCUT2D eigenvalue weighted by Gasteiger charge is -2.35. The van der Waals surface area contributed by atoms with Crippen LogP contribution in [-0.4, -0.2) is 42.2 Å². The summed E-state index contributed by atoms with van der Waals surface area (Å²) < 4.78 is 37.8. The van der Waals surface area contributed by atoms with Crippen LogP contribution in [0.1, 0.15) is 24.4 Å². The standard InChI is InChI=1S/C14H18F3N3O2/c15-14(16,17)6-5-12(19-9-7-18-8-10-19)11-3-1-2-4-13(11)20(21)22/h1-4,12,18H,5-10H2/t12-/m0/s1. The summed E-state index contributed by atoms with van der Waals surface area (Å²) in [5.41, 5.74) is 0.242. The van der Waals surface area contributed by atoms with E-state index in [1.165, 1.54) is 12.1 Å². The van der Waals surface area contributed by atoms with Gasteiger partial charge in [-0.25, -0.2) is 0 Å². The number of benzene rings is 1. The van der Waals surface area contributed by atoms with E-state index in [9.17, 15) is 23.3 Å². The van der Waals surface area contributed by atoms with E-state index in [1.54, 1.807) is 12.1 Å². The summed E-state index contributed by atoms with van der Waals surface area (Å²) in [6, 6.07) is 5.47. The molecule has 0 aliphatic carbocycles. The zero-order valence-electron chi connectivity index (χ0n) is 12.0. The quantitative estimate of drug-likeness (QED) is 0.670. The fourth-order valence-corrected chi connectivity index (χ4v) is 2.76. The fourth-order valence-electron chi connectivity index (χ4n) is 2.76. The first kappa shape index (κ1) is 16.7. The molecule has 2 rings (SSSR count). The maximum atomic E-state index is 12.6. The van der Waals surface area contributed by atoms with Crippen molar-refractivity contribution in [2.24, 2.45) is 0 Å². The third kappa shape index (κ3) is 4.41. The second-order valence-corrected chi connectivity index (χ2v) is 5.27. The van der Waals surface area contributed by atoms with Crippen molar-refractivity contribution in [3.63, 3.8) is 0 Å². The summed E-state index contributed by atoms with van der Waals surface area (Å²) in [6.45, 7) is 2.50. The molecule has 0 amide bonds. The molecule has 1 atom stereocenters. The van der Waals surface area contributed by atoms with Crippen molar-refractivity contribution in [3.8, 4) is 0 Å². The van der Waals surface area contributed by atoms with Gasteiger partial charge in [0.2, 0.25) is 0 Å². The van der Waals surface area contributed by atoms with Crippen molar-refractivity contribution in [1.29, 1.82) is 0 Å². The average molecular weight is 317 g/mol. The molecule has 1 aliphatic rings. The number of rotatable bonds is 5. The molecule has 1 fully saturated rings. The molecule has 0 spiro atoms. The number of hydrogen-bond acceptors (Lipinski definition) is 4. The highest BCUT2D eigenvalue weighted by Crippen LogP contribution is 2.35. The Labute approximate surface area is 126 Å². The molecule has 0 saturated carbocycles. The lowest BCUT2D eigenvalue weighted by molar-refractivity contribution is -0.386. The molecule has 0 bridgehead atoms. The van der Waals surface area contributed by atoms with E-state index in [-0.39, 0.29) is 12.1 Å². The Balaban J connectivity index is 2.28. The number of nitrogens with zero attached hydrogens (tertiary/aromatic N) is 2. The van der Waals surface area contributed by atoms with Gasteiger partial charge in [0.05, 0.1) is 4.92 Å². The third-order valence-electron chi connectivity index (χ3n) is 3.79. The van der Waals surface area contributed by atoms with Crippen LogP contribution in [0.25, 0.3) is 0 Å². The van der Waals surface area contributed by atoms with Crippen LogP contribution in [0.15, 0.2) is 24.3 Å². The summed E-state index contributed by atoms with van der Waals surface area (Å²) in [5, 5.41) is 14.3. The van der Waals surface area contributed by atoms with E-state index < -0.39 is 23.6 Å². The van der Waals surface area contributed by atoms with E-state index in [0.29, 0.717) is 31.7 Å². The van der Waals surface area contributed by atoms with Crippen LogP contribution in [0.3, 0.4) is 0 Å². The second kappa shape index (κ2) is 7.06. The van der Waals surface area contributed by atoms with E-state index in [4.69, 9.17) is 0 Å². The van der Waals surface area contributed by atoms with Crippen molar-refractivity contribution < 1.29 is 18.1 Å². The minimum atomic E-state index is -4.27. The highest BCUT2D eigenvalue weighted by Gasteiger charge is 2.33. The van der Waals surface area contributed by atoms with Crippen LogP contribution < -0.4 is 5.32 Å². The van der Waals surface area contributed by atoms with Crippen molar-refractivity contribution >= 4 is 5.69 Å². The van der Waals surface area contributed by atoms with Gasteiger partial charge in [0.25, 0.3) is 5.69 Å². The third-order valence-corrected chi connectivity index (χ3v) is 3.79. The molecule has 8 heteroatoms. The molecular formula is C14H18F3N3O2. The first-order chi connectivity index (χ1) is 10.4. The van der Waals surface area contributed by atoms with Crippen molar-refractivity contribution in [2.45, 2.75) is 25.1 Å². The molecule has 1 aliphatic heterocycles. The SMILES string of the molecule is O=[N+]([O-])c1ccccc1[C@H](CCC(F)(F)F)N1CCNCC1. The number of halogens is 3. The topological polar surface area (TPSA) is 58.4 Å². The van der Waals surface area contributed by atoms with Gasteiger partial charge in [0.15, 0.2) is 0 Å². The number of nitrogens with one attached hydrogen (secondary N) is 1. The molecule has 1 aromatic rings. The maximum Gasteiger partial charge on any atom is 0.389 e. The lowest BCUT2D eigenvalue weighted by atomic mass is 9.97. The van der Waals surface area contributed by atoms with E-state index in [2.05, 4.69) is 5.32 Å². The van der Waals surface area contributed by atoms with E-state index in [1.807, 2.05) is 4.90 Å². The number of nitro groups is 1. The Kier molecular flexibility index (Phi) is 5.36. The van der Waals surface area contributed by atoms with Gasteiger partial charge in [-0.2, -0.15) is 13.2 Å². The van der Waals surface area contributed by atoms with Crippen LogP contribution in [0.5, 0.6) is 0 Å². The number of piperazine rings is 1. The Morgan fingerprint density at radius 2 is 1.91 bits per heavy atom. The molecule has 5 nitrogen and oxygen atoms in total. The second-order valence-electron chi connectivity index (χ2n) is 5.27. The van der Waals surface area contributed by atoms with Gasteiger partial charge in [-0.3, -0.25) is 15.0 Å². The molecule has 1 heterocycles. The van der Waals surface area contributed by atoms with Crippen LogP contribution in [0, 0.1) is 10.1 Å². The maximum absolute atomic E-state index is 12.6. The Morgan fingerprint density at radius 3 is 2.50 bits per heavy atom. The monoisotopic (exact) mass is 317 g/mol. The Bertz CT molecular complexity index is 516. The number of para-hydroxylation sites is 1. The molecule has 0 unspecified atom stereocenters. The summed E-state index contributed by atoms with van der Waals surface area (Å²) in [6.07, 6.45) is -5.39. The van der Waals surface area contributed by atoms with Gasteiger partial charge in [-0.15, -0.1) is 0 Å². The lowest BCUT2D eigenvalue weighted by Crippen LogP contribution is -2.45. The van der Waals surface area contributed by atoms with E-state index in [0.717, 1.165) is 0 Å². The molecule has 0 radical (unpaired) electrons. The zero-order chi connectivity index (χ0) is 16.2. The van der Waals surface area contributed by atoms with Gasteiger partial charge in [0.1, 0.15) is 0 Å². The predicted molar refractivity (Wildman–Crippen MR) is 75.6 cm³/mol. The van der Waals surface area contributed by atoms with Crippen molar-refractivity contribution in [3.05, 3.63) is 39.9 Å². The van der Waals surface area contributed by atoms with Gasteiger partial charge < -0.3 is 5.32 Å². The summed E-state index contributed by atoms with van der Waals surface area (Å²) in [4.78, 5) is 12.5. The van der Waals surface area contributed by atoms with Crippen LogP contribution in [0.2, 0.25) is 0 Å². The molecule has 122 valence electrons. The molecule has 1 N–H and O–H groups in total. The van der Waals surface area contributed by atoms with Crippen LogP contribution in [-0.2, 0) is 0 Å². The normalized spacial score (nSPS) is 18.1. The highest BCUT2D eigenvalue weighted by molar-refractivity contribution is 5.42. The molecular weight excluding hydrogens is 299 g/mol. The molecule has 22 heavy (non-hydrogen) atoms. The summed E-state index contributed by atoms with van der Waals surface area (Å²) in [7, 11) is 0. The molecule has 0 aromatic heterocycles. The van der Waals surface area contributed by atoms with Gasteiger partial charge >= 0.3 is 6.18 Å². The minimum Gasteiger partial charge on any atom is -0.314 e. The van der Waals surface area contributed by atoms with E-state index >= 15 is 0 Å². The first-order valence-corrected chi connectivity index (χ1v) is 7.13. The van der Waals surface area contributed by atoms with Crippen LogP contribution in [0.4, 0.5) is 18.9 Å². The summed E-state index contributed by atoms with van der Waals surface area (Å²) >= 11 is 0. The van der Waals surface area contributed by atoms with Gasteiger partial charge in [0, 0.05) is 50.3 Å². The van der Waals surface area contributed by atoms with Gasteiger partial charge in [-0.1, -0.05) is 18.2 Å². The highest BCUT2D eigenvalue weighted by atomic mass is 19.4. The number of nitro benzene ring substituents is 1. The minimum absolute atomic E-state index is 0.117. The van der Waals surface area contributed by atoms with Gasteiger partial charge in [-0.05, 0) is 6.42 Å². The first-order valence-electron chi connectivity index (χ1n) is 7.13. The largest absolute Gasteiger partial charge is 0.389 e. The zero-order valence-corrected chi connectivity index (χ0v) is 12.0. The number of alkyl halides is 3. The van der Waals surface area contributed by atoms with Crippen LogP contribution >= 0.6 is 0 Å². The Morgan fingerprint density at radius 1 is 1.27 bits per heavy atom. The molecule has 1 aromatic carbocycles. The predicted octanol–water partition coefficient (Wildman–Crippen LogP) is 2.88.